The Balaban J connectivity index is 0.000000236. The van der Waals surface area contributed by atoms with Gasteiger partial charge in [0.05, 0.1) is 0 Å². The van der Waals surface area contributed by atoms with Crippen molar-refractivity contribution in [3.05, 3.63) is 34.9 Å². The first-order chi connectivity index (χ1) is 10.8. The van der Waals surface area contributed by atoms with Crippen molar-refractivity contribution in [3.63, 3.8) is 0 Å². The lowest BCUT2D eigenvalue weighted by Crippen LogP contribution is -2.37. The van der Waals surface area contributed by atoms with Gasteiger partial charge in [0.15, 0.2) is 0 Å². The summed E-state index contributed by atoms with van der Waals surface area (Å²) in [5.74, 6) is -1.93. The molecule has 0 aliphatic heterocycles. The first-order valence-electron chi connectivity index (χ1n) is 7.90. The van der Waals surface area contributed by atoms with Gasteiger partial charge in [0.2, 0.25) is 0 Å². The number of fused-ring (bicyclic) bond motifs is 1. The van der Waals surface area contributed by atoms with Crippen molar-refractivity contribution in [1.82, 2.24) is 5.32 Å². The maximum Gasteiger partial charge on any atom is 0.490 e. The summed E-state index contributed by atoms with van der Waals surface area (Å²) in [6.07, 6.45) is 2.97. The first-order valence-corrected chi connectivity index (χ1v) is 7.90. The SMILES string of the molecule is CNC1CC(c2ccc3c(c2)CCCC3)C1.O=C(O)C(F)(F)F. The quantitative estimate of drug-likeness (QED) is 0.870. The van der Waals surface area contributed by atoms with Crippen molar-refractivity contribution in [2.45, 2.75) is 56.7 Å². The normalized spacial score (nSPS) is 23.1. The number of alkyl halides is 3. The van der Waals surface area contributed by atoms with Gasteiger partial charge in [-0.15, -0.1) is 0 Å². The van der Waals surface area contributed by atoms with Crippen molar-refractivity contribution in [2.24, 2.45) is 0 Å². The van der Waals surface area contributed by atoms with Crippen LogP contribution in [0.1, 0.15) is 48.3 Å². The smallest absolute Gasteiger partial charge is 0.475 e. The lowest BCUT2D eigenvalue weighted by molar-refractivity contribution is -0.192. The fraction of sp³-hybridized carbons (Fsp3) is 0.588. The van der Waals surface area contributed by atoms with Crippen LogP contribution in [0.3, 0.4) is 0 Å². The van der Waals surface area contributed by atoms with Gasteiger partial charge in [0.1, 0.15) is 0 Å². The molecule has 1 aromatic carbocycles. The van der Waals surface area contributed by atoms with Crippen molar-refractivity contribution in [1.29, 1.82) is 0 Å². The van der Waals surface area contributed by atoms with Gasteiger partial charge < -0.3 is 10.4 Å². The summed E-state index contributed by atoms with van der Waals surface area (Å²) in [6, 6.07) is 8.02. The maximum atomic E-state index is 10.6. The number of hydrogen-bond donors (Lipinski definition) is 2. The fourth-order valence-corrected chi connectivity index (χ4v) is 3.13. The van der Waals surface area contributed by atoms with E-state index in [1.807, 2.05) is 0 Å². The molecular formula is C17H22F3NO2. The van der Waals surface area contributed by atoms with E-state index >= 15 is 0 Å². The van der Waals surface area contributed by atoms with E-state index < -0.39 is 12.1 Å². The van der Waals surface area contributed by atoms with Crippen LogP contribution in [0.4, 0.5) is 13.2 Å². The second kappa shape index (κ2) is 7.34. The molecular weight excluding hydrogens is 307 g/mol. The number of carboxylic acid groups (broad SMARTS) is 1. The van der Waals surface area contributed by atoms with E-state index in [9.17, 15) is 13.2 Å². The van der Waals surface area contributed by atoms with E-state index in [0.717, 1.165) is 12.0 Å². The number of hydrogen-bond acceptors (Lipinski definition) is 2. The standard InChI is InChI=1S/C15H21N.C2HF3O2/c1-16-15-9-14(10-15)13-7-6-11-4-2-3-5-12(11)8-13;3-2(4,5)1(6)7/h6-8,14-16H,2-5,9-10H2,1H3;(H,6,7). The lowest BCUT2D eigenvalue weighted by atomic mass is 9.74. The minimum atomic E-state index is -5.08. The molecule has 1 aromatic rings. The number of carboxylic acids is 1. The predicted molar refractivity (Wildman–Crippen MR) is 81.6 cm³/mol. The number of benzene rings is 1. The molecule has 0 heterocycles. The third-order valence-corrected chi connectivity index (χ3v) is 4.63. The maximum absolute atomic E-state index is 10.6. The first kappa shape index (κ1) is 17.8. The number of halogens is 3. The van der Waals surface area contributed by atoms with Crippen LogP contribution < -0.4 is 5.32 Å². The summed E-state index contributed by atoms with van der Waals surface area (Å²) in [5.41, 5.74) is 4.84. The second-order valence-corrected chi connectivity index (χ2v) is 6.19. The zero-order valence-electron chi connectivity index (χ0n) is 13.1. The molecule has 2 N–H and O–H groups in total. The van der Waals surface area contributed by atoms with Gasteiger partial charge in [-0.3, -0.25) is 0 Å². The zero-order valence-corrected chi connectivity index (χ0v) is 13.1. The highest BCUT2D eigenvalue weighted by molar-refractivity contribution is 5.73. The topological polar surface area (TPSA) is 49.3 Å². The Morgan fingerprint density at radius 1 is 1.17 bits per heavy atom. The average molecular weight is 329 g/mol. The van der Waals surface area contributed by atoms with Gasteiger partial charge in [-0.1, -0.05) is 18.2 Å². The van der Waals surface area contributed by atoms with Crippen molar-refractivity contribution >= 4 is 5.97 Å². The average Bonchev–Trinajstić information content (AvgIpc) is 2.46. The Morgan fingerprint density at radius 3 is 2.26 bits per heavy atom. The minimum absolute atomic E-state index is 0.765. The fourth-order valence-electron chi connectivity index (χ4n) is 3.13. The molecule has 2 aliphatic carbocycles. The summed E-state index contributed by atoms with van der Waals surface area (Å²) in [4.78, 5) is 8.90. The molecule has 1 fully saturated rings. The molecule has 0 saturated heterocycles. The van der Waals surface area contributed by atoms with Crippen LogP contribution in [0.2, 0.25) is 0 Å². The molecule has 0 atom stereocenters. The molecule has 3 rings (SSSR count). The van der Waals surface area contributed by atoms with E-state index in [2.05, 4.69) is 30.6 Å². The molecule has 0 bridgehead atoms. The Kier molecular flexibility index (Phi) is 5.68. The highest BCUT2D eigenvalue weighted by Gasteiger charge is 2.38. The van der Waals surface area contributed by atoms with Crippen LogP contribution in [0.25, 0.3) is 0 Å². The Morgan fingerprint density at radius 2 is 1.74 bits per heavy atom. The Hall–Kier alpha value is -1.56. The van der Waals surface area contributed by atoms with Crippen LogP contribution in [0.15, 0.2) is 18.2 Å². The predicted octanol–water partition coefficient (Wildman–Crippen LogP) is 3.66. The molecule has 0 spiro atoms. The highest BCUT2D eigenvalue weighted by atomic mass is 19.4. The third-order valence-electron chi connectivity index (χ3n) is 4.63. The van der Waals surface area contributed by atoms with Gasteiger partial charge >= 0.3 is 12.1 Å². The van der Waals surface area contributed by atoms with E-state index in [0.29, 0.717) is 0 Å². The summed E-state index contributed by atoms with van der Waals surface area (Å²) >= 11 is 0. The van der Waals surface area contributed by atoms with E-state index in [1.165, 1.54) is 38.5 Å². The molecule has 0 radical (unpaired) electrons. The number of aliphatic carboxylic acids is 1. The minimum Gasteiger partial charge on any atom is -0.475 e. The van der Waals surface area contributed by atoms with E-state index in [4.69, 9.17) is 9.90 Å². The summed E-state index contributed by atoms with van der Waals surface area (Å²) < 4.78 is 31.7. The monoisotopic (exact) mass is 329 g/mol. The van der Waals surface area contributed by atoms with Gasteiger partial charge in [0.25, 0.3) is 0 Å². The van der Waals surface area contributed by atoms with Gasteiger partial charge in [-0.05, 0) is 68.2 Å². The molecule has 0 amide bonds. The molecule has 0 aromatic heterocycles. The second-order valence-electron chi connectivity index (χ2n) is 6.19. The lowest BCUT2D eigenvalue weighted by Gasteiger charge is -2.36. The molecule has 1 saturated carbocycles. The van der Waals surface area contributed by atoms with Crippen LogP contribution in [0.5, 0.6) is 0 Å². The van der Waals surface area contributed by atoms with Crippen LogP contribution in [-0.2, 0) is 17.6 Å². The number of nitrogens with one attached hydrogen (secondary N) is 1. The Labute approximate surface area is 133 Å². The zero-order chi connectivity index (χ0) is 17.0. The number of rotatable bonds is 2. The van der Waals surface area contributed by atoms with Gasteiger partial charge in [-0.2, -0.15) is 13.2 Å². The largest absolute Gasteiger partial charge is 0.490 e. The Bertz CT molecular complexity index is 551. The summed E-state index contributed by atoms with van der Waals surface area (Å²) in [7, 11) is 2.08. The van der Waals surface area contributed by atoms with Crippen molar-refractivity contribution < 1.29 is 23.1 Å². The molecule has 3 nitrogen and oxygen atoms in total. The highest BCUT2D eigenvalue weighted by Crippen LogP contribution is 2.38. The molecule has 128 valence electrons. The molecule has 23 heavy (non-hydrogen) atoms. The van der Waals surface area contributed by atoms with Gasteiger partial charge in [0, 0.05) is 6.04 Å². The van der Waals surface area contributed by atoms with E-state index in [-0.39, 0.29) is 0 Å². The summed E-state index contributed by atoms with van der Waals surface area (Å²) in [5, 5.41) is 10.5. The molecule has 0 unspecified atom stereocenters. The van der Waals surface area contributed by atoms with Crippen molar-refractivity contribution in [2.75, 3.05) is 7.05 Å². The number of carbonyl (C=O) groups is 1. The summed E-state index contributed by atoms with van der Waals surface area (Å²) in [6.45, 7) is 0. The van der Waals surface area contributed by atoms with Crippen LogP contribution >= 0.6 is 0 Å². The van der Waals surface area contributed by atoms with E-state index in [1.54, 1.807) is 16.7 Å². The number of aryl methyl sites for hydroxylation is 2. The third kappa shape index (κ3) is 4.70. The van der Waals surface area contributed by atoms with Gasteiger partial charge in [-0.25, -0.2) is 4.79 Å². The van der Waals surface area contributed by atoms with Crippen LogP contribution in [-0.4, -0.2) is 30.3 Å². The molecule has 2 aliphatic rings. The van der Waals surface area contributed by atoms with Crippen LogP contribution in [0, 0.1) is 0 Å². The molecule has 6 heteroatoms. The van der Waals surface area contributed by atoms with Crippen molar-refractivity contribution in [3.8, 4) is 0 Å².